The first-order chi connectivity index (χ1) is 9.19. The van der Waals surface area contributed by atoms with Gasteiger partial charge in [0, 0.05) is 5.69 Å². The molecule has 0 aliphatic carbocycles. The smallest absolute Gasteiger partial charge is 0.132 e. The molecular weight excluding hydrogens is 258 g/mol. The van der Waals surface area contributed by atoms with Gasteiger partial charge in [-0.3, -0.25) is 0 Å². The number of nitrogens with one attached hydrogen (secondary N) is 1. The predicted octanol–water partition coefficient (Wildman–Crippen LogP) is 2.81. The van der Waals surface area contributed by atoms with E-state index in [4.69, 9.17) is 15.8 Å². The molecule has 0 aliphatic rings. The van der Waals surface area contributed by atoms with Crippen LogP contribution in [0.3, 0.4) is 0 Å². The van der Waals surface area contributed by atoms with Crippen LogP contribution in [-0.4, -0.2) is 4.37 Å². The van der Waals surface area contributed by atoms with E-state index in [1.165, 1.54) is 11.5 Å². The molecule has 2 rings (SSSR count). The highest BCUT2D eigenvalue weighted by Gasteiger charge is 2.11. The summed E-state index contributed by atoms with van der Waals surface area (Å²) in [6, 6.07) is 10.8. The summed E-state index contributed by atoms with van der Waals surface area (Å²) in [5.41, 5.74) is 2.44. The van der Waals surface area contributed by atoms with Crippen molar-refractivity contribution in [3.05, 3.63) is 40.6 Å². The minimum absolute atomic E-state index is 0.298. The SMILES string of the molecule is Cc1nsc(Nc2ccc(C#N)c(C#N)c2)c1C#N. The molecule has 19 heavy (non-hydrogen) atoms. The van der Waals surface area contributed by atoms with Gasteiger partial charge in [0.2, 0.25) is 0 Å². The predicted molar refractivity (Wildman–Crippen MR) is 70.7 cm³/mol. The molecule has 1 heterocycles. The van der Waals surface area contributed by atoms with Crippen LogP contribution >= 0.6 is 11.5 Å². The van der Waals surface area contributed by atoms with Crippen molar-refractivity contribution in [2.24, 2.45) is 0 Å². The lowest BCUT2D eigenvalue weighted by Crippen LogP contribution is -1.93. The molecule has 1 aromatic carbocycles. The van der Waals surface area contributed by atoms with Crippen molar-refractivity contribution >= 4 is 22.2 Å². The van der Waals surface area contributed by atoms with E-state index in [0.29, 0.717) is 33.1 Å². The van der Waals surface area contributed by atoms with Gasteiger partial charge in [-0.25, -0.2) is 0 Å². The highest BCUT2D eigenvalue weighted by Crippen LogP contribution is 2.28. The summed E-state index contributed by atoms with van der Waals surface area (Å²) in [4.78, 5) is 0. The maximum atomic E-state index is 9.03. The Morgan fingerprint density at radius 1 is 1.11 bits per heavy atom. The summed E-state index contributed by atoms with van der Waals surface area (Å²) >= 11 is 1.19. The van der Waals surface area contributed by atoms with Crippen LogP contribution in [0.25, 0.3) is 0 Å². The van der Waals surface area contributed by atoms with Crippen molar-refractivity contribution in [3.63, 3.8) is 0 Å². The molecule has 0 unspecified atom stereocenters. The topological polar surface area (TPSA) is 96.3 Å². The molecule has 1 N–H and O–H groups in total. The van der Waals surface area contributed by atoms with Crippen LogP contribution in [0, 0.1) is 40.9 Å². The van der Waals surface area contributed by atoms with Crippen LogP contribution in [0.4, 0.5) is 10.7 Å². The number of benzene rings is 1. The minimum Gasteiger partial charge on any atom is -0.345 e. The average molecular weight is 265 g/mol. The van der Waals surface area contributed by atoms with Crippen molar-refractivity contribution in [1.82, 2.24) is 4.37 Å². The molecule has 0 atom stereocenters. The third-order valence-electron chi connectivity index (χ3n) is 2.49. The summed E-state index contributed by atoms with van der Waals surface area (Å²) in [6.45, 7) is 1.76. The molecule has 0 spiro atoms. The van der Waals surface area contributed by atoms with E-state index in [1.807, 2.05) is 12.1 Å². The van der Waals surface area contributed by atoms with Crippen LogP contribution in [0.1, 0.15) is 22.4 Å². The number of rotatable bonds is 2. The molecule has 0 aliphatic heterocycles. The van der Waals surface area contributed by atoms with Crippen molar-refractivity contribution in [3.8, 4) is 18.2 Å². The highest BCUT2D eigenvalue weighted by molar-refractivity contribution is 7.10. The molecule has 0 fully saturated rings. The average Bonchev–Trinajstić information content (AvgIpc) is 2.78. The van der Waals surface area contributed by atoms with Gasteiger partial charge in [-0.2, -0.15) is 20.2 Å². The molecule has 0 radical (unpaired) electrons. The second-order valence-electron chi connectivity index (χ2n) is 3.69. The van der Waals surface area contributed by atoms with Gasteiger partial charge >= 0.3 is 0 Å². The number of nitriles is 3. The molecular formula is C13H7N5S. The first kappa shape index (κ1) is 12.6. The normalized spacial score (nSPS) is 9.16. The van der Waals surface area contributed by atoms with Crippen LogP contribution in [0.15, 0.2) is 18.2 Å². The lowest BCUT2D eigenvalue weighted by Gasteiger charge is -2.04. The summed E-state index contributed by atoms with van der Waals surface area (Å²) < 4.78 is 4.10. The molecule has 6 heteroatoms. The van der Waals surface area contributed by atoms with Crippen LogP contribution < -0.4 is 5.32 Å². The zero-order valence-electron chi connectivity index (χ0n) is 9.93. The van der Waals surface area contributed by atoms with E-state index in [9.17, 15) is 0 Å². The fourth-order valence-corrected chi connectivity index (χ4v) is 2.30. The van der Waals surface area contributed by atoms with Gasteiger partial charge in [0.05, 0.1) is 16.8 Å². The number of aromatic nitrogens is 1. The second kappa shape index (κ2) is 5.18. The molecule has 90 valence electrons. The Labute approximate surface area is 114 Å². The molecule has 2 aromatic rings. The third-order valence-corrected chi connectivity index (χ3v) is 3.35. The maximum absolute atomic E-state index is 9.03. The monoisotopic (exact) mass is 265 g/mol. The van der Waals surface area contributed by atoms with Crippen LogP contribution in [0.2, 0.25) is 0 Å². The van der Waals surface area contributed by atoms with Gasteiger partial charge in [0.1, 0.15) is 28.8 Å². The largest absolute Gasteiger partial charge is 0.345 e. The number of nitrogens with zero attached hydrogens (tertiary/aromatic N) is 4. The highest BCUT2D eigenvalue weighted by atomic mass is 32.1. The molecule has 5 nitrogen and oxygen atoms in total. The van der Waals surface area contributed by atoms with E-state index < -0.39 is 0 Å². The lowest BCUT2D eigenvalue weighted by molar-refractivity contribution is 1.31. The van der Waals surface area contributed by atoms with E-state index in [1.54, 1.807) is 25.1 Å². The fourth-order valence-electron chi connectivity index (χ4n) is 1.53. The summed E-state index contributed by atoms with van der Waals surface area (Å²) in [5.74, 6) is 0. The van der Waals surface area contributed by atoms with E-state index >= 15 is 0 Å². The molecule has 0 saturated heterocycles. The van der Waals surface area contributed by atoms with Gasteiger partial charge in [0.15, 0.2) is 0 Å². The summed E-state index contributed by atoms with van der Waals surface area (Å²) in [7, 11) is 0. The van der Waals surface area contributed by atoms with Gasteiger partial charge in [-0.05, 0) is 36.7 Å². The van der Waals surface area contributed by atoms with Crippen molar-refractivity contribution in [2.45, 2.75) is 6.92 Å². The Balaban J connectivity index is 2.38. The Hall–Kier alpha value is -2.88. The summed E-state index contributed by atoms with van der Waals surface area (Å²) in [5, 5.41) is 30.5. The van der Waals surface area contributed by atoms with E-state index in [0.717, 1.165) is 0 Å². The van der Waals surface area contributed by atoms with Crippen molar-refractivity contribution in [1.29, 1.82) is 15.8 Å². The quantitative estimate of drug-likeness (QED) is 0.900. The Kier molecular flexibility index (Phi) is 3.43. The third kappa shape index (κ3) is 2.37. The first-order valence-electron chi connectivity index (χ1n) is 5.27. The standard InChI is InChI=1S/C13H7N5S/c1-8-12(7-16)13(19-18-8)17-11-3-2-9(5-14)10(4-11)6-15/h2-4,17H,1H3. The number of hydrogen-bond donors (Lipinski definition) is 1. The van der Waals surface area contributed by atoms with E-state index in [-0.39, 0.29) is 0 Å². The van der Waals surface area contributed by atoms with Gasteiger partial charge < -0.3 is 5.32 Å². The zero-order chi connectivity index (χ0) is 13.8. The lowest BCUT2D eigenvalue weighted by atomic mass is 10.1. The molecule has 1 aromatic heterocycles. The van der Waals surface area contributed by atoms with Crippen molar-refractivity contribution < 1.29 is 0 Å². The van der Waals surface area contributed by atoms with Gasteiger partial charge in [-0.15, -0.1) is 0 Å². The van der Waals surface area contributed by atoms with Gasteiger partial charge in [0.25, 0.3) is 0 Å². The van der Waals surface area contributed by atoms with Crippen LogP contribution in [-0.2, 0) is 0 Å². The van der Waals surface area contributed by atoms with Crippen molar-refractivity contribution in [2.75, 3.05) is 5.32 Å². The number of hydrogen-bond acceptors (Lipinski definition) is 6. The fraction of sp³-hybridized carbons (Fsp3) is 0.0769. The zero-order valence-corrected chi connectivity index (χ0v) is 10.7. The Morgan fingerprint density at radius 3 is 2.47 bits per heavy atom. The molecule has 0 bridgehead atoms. The second-order valence-corrected chi connectivity index (χ2v) is 4.47. The van der Waals surface area contributed by atoms with Gasteiger partial charge in [-0.1, -0.05) is 0 Å². The first-order valence-corrected chi connectivity index (χ1v) is 6.04. The van der Waals surface area contributed by atoms with E-state index in [2.05, 4.69) is 15.8 Å². The number of aryl methyl sites for hydroxylation is 1. The minimum atomic E-state index is 0.298. The molecule has 0 saturated carbocycles. The Bertz CT molecular complexity index is 755. The summed E-state index contributed by atoms with van der Waals surface area (Å²) in [6.07, 6.45) is 0. The Morgan fingerprint density at radius 2 is 1.84 bits per heavy atom. The maximum Gasteiger partial charge on any atom is 0.132 e. The molecule has 0 amide bonds. The number of anilines is 2. The van der Waals surface area contributed by atoms with Crippen LogP contribution in [0.5, 0.6) is 0 Å².